The Morgan fingerprint density at radius 3 is 2.21 bits per heavy atom. The van der Waals surface area contributed by atoms with Gasteiger partial charge in [0.15, 0.2) is 0 Å². The Morgan fingerprint density at radius 1 is 0.848 bits per heavy atom. The molecule has 0 bridgehead atoms. The lowest BCUT2D eigenvalue weighted by molar-refractivity contribution is -0.130. The Kier molecular flexibility index (Phi) is 7.66. The fraction of sp³-hybridized carbons (Fsp3) is 0.345. The second kappa shape index (κ2) is 11.0. The summed E-state index contributed by atoms with van der Waals surface area (Å²) in [5, 5.41) is 0. The Bertz CT molecular complexity index is 1010. The Balaban J connectivity index is 1.50. The average Bonchev–Trinajstić information content (AvgIpc) is 2.86. The van der Waals surface area contributed by atoms with Crippen LogP contribution in [0.1, 0.15) is 49.8 Å². The SMILES string of the molecule is CCCCOc1ccc([C@@H]2[C@H](CCCc3ccccc3)C(=O)N2c2ccc(OC)cc2)cc1. The van der Waals surface area contributed by atoms with Crippen LogP contribution < -0.4 is 14.4 Å². The summed E-state index contributed by atoms with van der Waals surface area (Å²) in [5.74, 6) is 1.86. The molecule has 0 saturated carbocycles. The van der Waals surface area contributed by atoms with Crippen LogP contribution >= 0.6 is 0 Å². The van der Waals surface area contributed by atoms with Gasteiger partial charge in [0.1, 0.15) is 11.5 Å². The van der Waals surface area contributed by atoms with Crippen LogP contribution in [-0.2, 0) is 11.2 Å². The predicted octanol–water partition coefficient (Wildman–Crippen LogP) is 6.60. The van der Waals surface area contributed by atoms with Crippen LogP contribution in [0.5, 0.6) is 11.5 Å². The van der Waals surface area contributed by atoms with Crippen molar-refractivity contribution in [2.45, 2.75) is 45.1 Å². The molecular formula is C29H33NO3. The summed E-state index contributed by atoms with van der Waals surface area (Å²) in [6.45, 7) is 2.89. The van der Waals surface area contributed by atoms with Crippen LogP contribution in [0, 0.1) is 5.92 Å². The van der Waals surface area contributed by atoms with Gasteiger partial charge in [0, 0.05) is 5.69 Å². The quantitative estimate of drug-likeness (QED) is 0.247. The minimum absolute atomic E-state index is 0.0114. The molecule has 0 spiro atoms. The van der Waals surface area contributed by atoms with Crippen molar-refractivity contribution in [3.63, 3.8) is 0 Å². The zero-order valence-electron chi connectivity index (χ0n) is 19.6. The smallest absolute Gasteiger partial charge is 0.233 e. The van der Waals surface area contributed by atoms with E-state index in [1.807, 2.05) is 47.4 Å². The van der Waals surface area contributed by atoms with E-state index in [1.54, 1.807) is 7.11 Å². The van der Waals surface area contributed by atoms with Gasteiger partial charge in [-0.2, -0.15) is 0 Å². The number of methoxy groups -OCH3 is 1. The van der Waals surface area contributed by atoms with Gasteiger partial charge in [-0.05, 0) is 73.2 Å². The molecule has 0 radical (unpaired) electrons. The molecule has 172 valence electrons. The summed E-state index contributed by atoms with van der Waals surface area (Å²) in [7, 11) is 1.65. The van der Waals surface area contributed by atoms with Crippen molar-refractivity contribution in [3.05, 3.63) is 90.0 Å². The number of aryl methyl sites for hydroxylation is 1. The number of amides is 1. The van der Waals surface area contributed by atoms with Crippen molar-refractivity contribution >= 4 is 11.6 Å². The van der Waals surface area contributed by atoms with E-state index in [0.29, 0.717) is 0 Å². The first-order chi connectivity index (χ1) is 16.2. The highest BCUT2D eigenvalue weighted by Gasteiger charge is 2.48. The van der Waals surface area contributed by atoms with Crippen LogP contribution in [-0.4, -0.2) is 19.6 Å². The molecule has 4 nitrogen and oxygen atoms in total. The third-order valence-corrected chi connectivity index (χ3v) is 6.38. The van der Waals surface area contributed by atoms with E-state index in [9.17, 15) is 4.79 Å². The minimum Gasteiger partial charge on any atom is -0.497 e. The zero-order valence-corrected chi connectivity index (χ0v) is 19.6. The number of ether oxygens (including phenoxy) is 2. The molecule has 0 N–H and O–H groups in total. The number of nitrogens with zero attached hydrogens (tertiary/aromatic N) is 1. The first kappa shape index (κ1) is 22.9. The van der Waals surface area contributed by atoms with Crippen LogP contribution in [0.15, 0.2) is 78.9 Å². The summed E-state index contributed by atoms with van der Waals surface area (Å²) in [4.78, 5) is 15.2. The van der Waals surface area contributed by atoms with E-state index in [4.69, 9.17) is 9.47 Å². The van der Waals surface area contributed by atoms with Crippen molar-refractivity contribution < 1.29 is 14.3 Å². The Labute approximate surface area is 197 Å². The van der Waals surface area contributed by atoms with E-state index in [2.05, 4.69) is 43.3 Å². The van der Waals surface area contributed by atoms with Crippen LogP contribution in [0.3, 0.4) is 0 Å². The van der Waals surface area contributed by atoms with Crippen molar-refractivity contribution in [2.75, 3.05) is 18.6 Å². The van der Waals surface area contributed by atoms with Crippen LogP contribution in [0.2, 0.25) is 0 Å². The van der Waals surface area contributed by atoms with Gasteiger partial charge < -0.3 is 14.4 Å². The van der Waals surface area contributed by atoms with Gasteiger partial charge in [0.05, 0.1) is 25.7 Å². The largest absolute Gasteiger partial charge is 0.497 e. The third kappa shape index (κ3) is 5.39. The number of anilines is 1. The van der Waals surface area contributed by atoms with Gasteiger partial charge in [0.2, 0.25) is 5.91 Å². The highest BCUT2D eigenvalue weighted by molar-refractivity contribution is 6.03. The summed E-state index contributed by atoms with van der Waals surface area (Å²) in [6.07, 6.45) is 5.02. The second-order valence-electron chi connectivity index (χ2n) is 8.61. The lowest BCUT2D eigenvalue weighted by Crippen LogP contribution is -2.55. The van der Waals surface area contributed by atoms with E-state index < -0.39 is 0 Å². The van der Waals surface area contributed by atoms with Crippen molar-refractivity contribution in [2.24, 2.45) is 5.92 Å². The molecule has 1 amide bonds. The van der Waals surface area contributed by atoms with Gasteiger partial charge >= 0.3 is 0 Å². The summed E-state index contributed by atoms with van der Waals surface area (Å²) in [6, 6.07) is 26.5. The maximum atomic E-state index is 13.3. The first-order valence-corrected chi connectivity index (χ1v) is 11.9. The molecule has 1 aliphatic heterocycles. The number of carbonyl (C=O) groups is 1. The zero-order chi connectivity index (χ0) is 23.0. The van der Waals surface area contributed by atoms with E-state index in [0.717, 1.165) is 61.5 Å². The van der Waals surface area contributed by atoms with Gasteiger partial charge in [-0.1, -0.05) is 55.8 Å². The Morgan fingerprint density at radius 2 is 1.55 bits per heavy atom. The molecule has 3 aromatic carbocycles. The maximum absolute atomic E-state index is 13.3. The molecule has 0 unspecified atom stereocenters. The predicted molar refractivity (Wildman–Crippen MR) is 133 cm³/mol. The summed E-state index contributed by atoms with van der Waals surface area (Å²) < 4.78 is 11.1. The van der Waals surface area contributed by atoms with Gasteiger partial charge in [0.25, 0.3) is 0 Å². The number of carbonyl (C=O) groups excluding carboxylic acids is 1. The Hall–Kier alpha value is -3.27. The van der Waals surface area contributed by atoms with E-state index in [-0.39, 0.29) is 17.9 Å². The number of hydrogen-bond donors (Lipinski definition) is 0. The van der Waals surface area contributed by atoms with Crippen molar-refractivity contribution in [1.29, 1.82) is 0 Å². The van der Waals surface area contributed by atoms with E-state index >= 15 is 0 Å². The lowest BCUT2D eigenvalue weighted by Gasteiger charge is -2.47. The normalized spacial score (nSPS) is 17.5. The number of unbranched alkanes of at least 4 members (excludes halogenated alkanes) is 1. The molecule has 1 fully saturated rings. The van der Waals surface area contributed by atoms with Gasteiger partial charge in [-0.25, -0.2) is 0 Å². The van der Waals surface area contributed by atoms with Crippen molar-refractivity contribution in [1.82, 2.24) is 0 Å². The van der Waals surface area contributed by atoms with Gasteiger partial charge in [-0.15, -0.1) is 0 Å². The maximum Gasteiger partial charge on any atom is 0.233 e. The first-order valence-electron chi connectivity index (χ1n) is 11.9. The number of β-lactam (4-membered cyclic amide) rings is 1. The topological polar surface area (TPSA) is 38.8 Å². The summed E-state index contributed by atoms with van der Waals surface area (Å²) in [5.41, 5.74) is 3.38. The van der Waals surface area contributed by atoms with E-state index in [1.165, 1.54) is 5.56 Å². The van der Waals surface area contributed by atoms with Crippen LogP contribution in [0.4, 0.5) is 5.69 Å². The number of hydrogen-bond acceptors (Lipinski definition) is 3. The number of rotatable bonds is 11. The molecule has 4 heteroatoms. The molecule has 1 saturated heterocycles. The fourth-order valence-electron chi connectivity index (χ4n) is 4.51. The highest BCUT2D eigenvalue weighted by atomic mass is 16.5. The van der Waals surface area contributed by atoms with Crippen LogP contribution in [0.25, 0.3) is 0 Å². The average molecular weight is 444 g/mol. The molecule has 2 atom stereocenters. The standard InChI is InChI=1S/C29H33NO3/c1-3-4-21-33-26-17-13-23(14-18-26)28-27(12-8-11-22-9-6-5-7-10-22)29(31)30(28)24-15-19-25(32-2)20-16-24/h5-7,9-10,13-20,27-28H,3-4,8,11-12,21H2,1-2H3/t27-,28+/m0/s1. The fourth-order valence-corrected chi connectivity index (χ4v) is 4.51. The molecule has 3 aromatic rings. The van der Waals surface area contributed by atoms with Gasteiger partial charge in [-0.3, -0.25) is 4.79 Å². The third-order valence-electron chi connectivity index (χ3n) is 6.38. The molecule has 33 heavy (non-hydrogen) atoms. The second-order valence-corrected chi connectivity index (χ2v) is 8.61. The minimum atomic E-state index is -0.0114. The summed E-state index contributed by atoms with van der Waals surface area (Å²) >= 11 is 0. The number of benzene rings is 3. The molecular weight excluding hydrogens is 410 g/mol. The molecule has 0 aliphatic carbocycles. The molecule has 1 heterocycles. The molecule has 1 aliphatic rings. The molecule has 4 rings (SSSR count). The monoisotopic (exact) mass is 443 g/mol. The van der Waals surface area contributed by atoms with Crippen molar-refractivity contribution in [3.8, 4) is 11.5 Å². The lowest BCUT2D eigenvalue weighted by atomic mass is 9.78. The molecule has 0 aromatic heterocycles. The highest BCUT2D eigenvalue weighted by Crippen LogP contribution is 2.46.